The van der Waals surface area contributed by atoms with E-state index in [1.165, 1.54) is 16.2 Å². The molecule has 43 heavy (non-hydrogen) atoms. The van der Waals surface area contributed by atoms with Crippen molar-refractivity contribution in [1.82, 2.24) is 9.47 Å². The lowest BCUT2D eigenvalue weighted by Gasteiger charge is -2.28. The highest BCUT2D eigenvalue weighted by Crippen LogP contribution is 2.34. The average Bonchev–Trinajstić information content (AvgIpc) is 3.62. The molecule has 8 nitrogen and oxygen atoms in total. The van der Waals surface area contributed by atoms with Gasteiger partial charge in [0.15, 0.2) is 4.80 Å². The molecule has 238 valence electrons. The third kappa shape index (κ3) is 8.59. The van der Waals surface area contributed by atoms with Gasteiger partial charge in [0.05, 0.1) is 36.4 Å². The Balaban J connectivity index is 1.66. The summed E-state index contributed by atoms with van der Waals surface area (Å²) in [7, 11) is 0. The number of hydrogen-bond donors (Lipinski definition) is 0. The topological polar surface area (TPSA) is 82.4 Å². The Morgan fingerprint density at radius 2 is 1.86 bits per heavy atom. The Bertz CT molecular complexity index is 1380. The number of amides is 2. The van der Waals surface area contributed by atoms with Gasteiger partial charge in [-0.15, -0.1) is 11.3 Å². The number of ether oxygens (including phenoxy) is 3. The van der Waals surface area contributed by atoms with Crippen molar-refractivity contribution in [3.8, 4) is 5.75 Å². The summed E-state index contributed by atoms with van der Waals surface area (Å²) in [5, 5.41) is 0. The normalized spacial score (nSPS) is 21.9. The largest absolute Gasteiger partial charge is 0.491 e. The molecule has 0 aliphatic carbocycles. The van der Waals surface area contributed by atoms with E-state index in [0.717, 1.165) is 29.9 Å². The van der Waals surface area contributed by atoms with Crippen LogP contribution in [0.15, 0.2) is 29.4 Å². The van der Waals surface area contributed by atoms with Crippen molar-refractivity contribution in [3.63, 3.8) is 0 Å². The molecule has 0 spiro atoms. The van der Waals surface area contributed by atoms with Crippen LogP contribution < -0.4 is 9.54 Å². The van der Waals surface area contributed by atoms with Crippen LogP contribution in [0.5, 0.6) is 5.75 Å². The summed E-state index contributed by atoms with van der Waals surface area (Å²) in [5.41, 5.74) is -2.48. The molecule has 0 unspecified atom stereocenters. The molecule has 3 atom stereocenters. The van der Waals surface area contributed by atoms with E-state index in [0.29, 0.717) is 24.0 Å². The van der Waals surface area contributed by atoms with Crippen LogP contribution in [-0.2, 0) is 27.6 Å². The first-order valence-electron chi connectivity index (χ1n) is 14.3. The Morgan fingerprint density at radius 3 is 2.47 bits per heavy atom. The third-order valence-electron chi connectivity index (χ3n) is 7.04. The van der Waals surface area contributed by atoms with Crippen LogP contribution in [0, 0.1) is 0 Å². The lowest BCUT2D eigenvalue weighted by Crippen LogP contribution is -2.42. The van der Waals surface area contributed by atoms with E-state index >= 15 is 0 Å². The molecule has 2 aromatic rings. The molecule has 1 aromatic heterocycles. The molecular formula is C30H39F4N3O5S. The minimum Gasteiger partial charge on any atom is -0.491 e. The lowest BCUT2D eigenvalue weighted by molar-refractivity contribution is -0.137. The number of rotatable bonds is 6. The number of benzene rings is 1. The van der Waals surface area contributed by atoms with Crippen molar-refractivity contribution in [2.24, 2.45) is 4.99 Å². The van der Waals surface area contributed by atoms with Crippen LogP contribution in [0.4, 0.5) is 22.4 Å². The molecule has 0 bridgehead atoms. The van der Waals surface area contributed by atoms with Gasteiger partial charge >= 0.3 is 12.3 Å². The molecule has 4 rings (SSSR count). The number of alkyl halides is 4. The van der Waals surface area contributed by atoms with E-state index in [4.69, 9.17) is 14.2 Å². The predicted molar refractivity (Wildman–Crippen MR) is 153 cm³/mol. The highest BCUT2D eigenvalue weighted by atomic mass is 32.1. The van der Waals surface area contributed by atoms with E-state index in [2.05, 4.69) is 4.99 Å². The summed E-state index contributed by atoms with van der Waals surface area (Å²) >= 11 is 1.29. The highest BCUT2D eigenvalue weighted by molar-refractivity contribution is 7.09. The van der Waals surface area contributed by atoms with Crippen molar-refractivity contribution in [2.45, 2.75) is 103 Å². The molecule has 2 aliphatic rings. The van der Waals surface area contributed by atoms with E-state index in [1.54, 1.807) is 20.8 Å². The summed E-state index contributed by atoms with van der Waals surface area (Å²) in [4.78, 5) is 33.0. The van der Waals surface area contributed by atoms with Gasteiger partial charge in [0.2, 0.25) is 0 Å². The number of carbonyl (C=O) groups is 2. The van der Waals surface area contributed by atoms with Gasteiger partial charge in [0, 0.05) is 24.1 Å². The molecule has 1 aromatic carbocycles. The number of carbonyl (C=O) groups excluding carboxylic acids is 2. The van der Waals surface area contributed by atoms with Gasteiger partial charge in [-0.3, -0.25) is 9.69 Å². The fourth-order valence-corrected chi connectivity index (χ4v) is 5.90. The van der Waals surface area contributed by atoms with E-state index in [-0.39, 0.29) is 42.4 Å². The second kappa shape index (κ2) is 12.6. The number of likely N-dealkylation sites (tertiary alicyclic amines) is 1. The summed E-state index contributed by atoms with van der Waals surface area (Å²) in [6.45, 7) is 11.8. The minimum atomic E-state index is -4.71. The number of thiazole rings is 1. The number of nitrogens with zero attached hydrogens (tertiary/aromatic N) is 3. The van der Waals surface area contributed by atoms with Crippen LogP contribution in [0.1, 0.15) is 81.6 Å². The molecule has 0 radical (unpaired) electrons. The van der Waals surface area contributed by atoms with Crippen molar-refractivity contribution >= 4 is 23.3 Å². The van der Waals surface area contributed by atoms with Crippen molar-refractivity contribution < 1.29 is 41.4 Å². The van der Waals surface area contributed by atoms with Gasteiger partial charge in [-0.2, -0.15) is 18.2 Å². The SMILES string of the molecule is CC(C)(C)OC(=O)N1C[C@H](F)C[C@H]1COc1ccc(C(F)(F)F)cc1C(=O)N=c1sc(C(C)(C)C)cn1C[C@H]1CCCO1. The van der Waals surface area contributed by atoms with Crippen LogP contribution in [-0.4, -0.2) is 65.1 Å². The molecule has 2 saturated heterocycles. The van der Waals surface area contributed by atoms with Gasteiger partial charge in [-0.05, 0) is 57.2 Å². The first kappa shape index (κ1) is 33.0. The van der Waals surface area contributed by atoms with E-state index < -0.39 is 41.6 Å². The third-order valence-corrected chi connectivity index (χ3v) is 8.49. The van der Waals surface area contributed by atoms with Crippen LogP contribution >= 0.6 is 11.3 Å². The number of halogens is 4. The Hall–Kier alpha value is -2.93. The summed E-state index contributed by atoms with van der Waals surface area (Å²) < 4.78 is 74.1. The van der Waals surface area contributed by atoms with Gasteiger partial charge in [0.25, 0.3) is 5.91 Å². The minimum absolute atomic E-state index is 0.0401. The summed E-state index contributed by atoms with van der Waals surface area (Å²) in [5.74, 6) is -1.06. The van der Waals surface area contributed by atoms with Gasteiger partial charge in [0.1, 0.15) is 24.1 Å². The maximum atomic E-state index is 14.3. The Kier molecular flexibility index (Phi) is 9.65. The van der Waals surface area contributed by atoms with Crippen molar-refractivity contribution in [3.05, 3.63) is 45.2 Å². The zero-order valence-electron chi connectivity index (χ0n) is 25.3. The van der Waals surface area contributed by atoms with Crippen LogP contribution in [0.2, 0.25) is 0 Å². The zero-order chi connectivity index (χ0) is 31.7. The molecule has 0 N–H and O–H groups in total. The maximum absolute atomic E-state index is 14.3. The van der Waals surface area contributed by atoms with Crippen molar-refractivity contribution in [2.75, 3.05) is 19.8 Å². The van der Waals surface area contributed by atoms with E-state index in [9.17, 15) is 27.2 Å². The summed E-state index contributed by atoms with van der Waals surface area (Å²) in [6.07, 6.45) is -3.16. The van der Waals surface area contributed by atoms with Gasteiger partial charge in [-0.25, -0.2) is 9.18 Å². The molecule has 13 heteroatoms. The number of aromatic nitrogens is 1. The second-order valence-electron chi connectivity index (χ2n) is 13.0. The average molecular weight is 630 g/mol. The van der Waals surface area contributed by atoms with Crippen LogP contribution in [0.3, 0.4) is 0 Å². The highest BCUT2D eigenvalue weighted by Gasteiger charge is 2.39. The fraction of sp³-hybridized carbons (Fsp3) is 0.633. The second-order valence-corrected chi connectivity index (χ2v) is 14.0. The standard InChI is InChI=1S/C30H39F4N3O5S/c1-28(2,3)24-16-36(15-21-8-7-11-40-21)26(43-24)35-25(38)22-12-18(30(32,33)34)9-10-23(22)41-17-20-13-19(31)14-37(20)27(39)42-29(4,5)6/h9-10,12,16,19-21H,7-8,11,13-15,17H2,1-6H3/t19-,20+,21-/m1/s1. The molecule has 0 saturated carbocycles. The quantitative estimate of drug-likeness (QED) is 0.340. The molecule has 2 amide bonds. The molecular weight excluding hydrogens is 590 g/mol. The fourth-order valence-electron chi connectivity index (χ4n) is 4.85. The smallest absolute Gasteiger partial charge is 0.416 e. The Labute approximate surface area is 252 Å². The number of hydrogen-bond acceptors (Lipinski definition) is 6. The predicted octanol–water partition coefficient (Wildman–Crippen LogP) is 6.51. The molecule has 2 aliphatic heterocycles. The molecule has 3 heterocycles. The monoisotopic (exact) mass is 629 g/mol. The van der Waals surface area contributed by atoms with Gasteiger partial charge in [-0.1, -0.05) is 20.8 Å². The Morgan fingerprint density at radius 1 is 1.14 bits per heavy atom. The van der Waals surface area contributed by atoms with Crippen LogP contribution in [0.25, 0.3) is 0 Å². The first-order chi connectivity index (χ1) is 19.9. The maximum Gasteiger partial charge on any atom is 0.416 e. The molecule has 2 fully saturated rings. The summed E-state index contributed by atoms with van der Waals surface area (Å²) in [6, 6.07) is 1.83. The van der Waals surface area contributed by atoms with Crippen molar-refractivity contribution in [1.29, 1.82) is 0 Å². The first-order valence-corrected chi connectivity index (χ1v) is 15.1. The van der Waals surface area contributed by atoms with E-state index in [1.807, 2.05) is 31.5 Å². The lowest BCUT2D eigenvalue weighted by atomic mass is 9.95. The van der Waals surface area contributed by atoms with Gasteiger partial charge < -0.3 is 18.8 Å². The zero-order valence-corrected chi connectivity index (χ0v) is 26.1.